The maximum Gasteiger partial charge on any atom is 0.251 e. The number of carbonyl (C=O) groups excluding carboxylic acids is 1. The summed E-state index contributed by atoms with van der Waals surface area (Å²) in [7, 11) is 0. The first kappa shape index (κ1) is 11.5. The van der Waals surface area contributed by atoms with Crippen LogP contribution in [-0.4, -0.2) is 29.3 Å². The van der Waals surface area contributed by atoms with Crippen LogP contribution < -0.4 is 11.1 Å². The van der Waals surface area contributed by atoms with E-state index < -0.39 is 0 Å². The van der Waals surface area contributed by atoms with Crippen LogP contribution in [0.4, 0.5) is 11.5 Å². The van der Waals surface area contributed by atoms with Gasteiger partial charge in [0.2, 0.25) is 0 Å². The lowest BCUT2D eigenvalue weighted by Crippen LogP contribution is -2.19. The second-order valence-corrected chi connectivity index (χ2v) is 3.21. The molecule has 0 aliphatic carbocycles. The van der Waals surface area contributed by atoms with Crippen molar-refractivity contribution in [3.63, 3.8) is 0 Å². The van der Waals surface area contributed by atoms with Gasteiger partial charge in [-0.25, -0.2) is 0 Å². The second kappa shape index (κ2) is 5.35. The Kier molecular flexibility index (Phi) is 4.11. The van der Waals surface area contributed by atoms with Gasteiger partial charge in [-0.3, -0.25) is 9.89 Å². The van der Waals surface area contributed by atoms with Gasteiger partial charge in [-0.2, -0.15) is 5.10 Å². The first-order valence-corrected chi connectivity index (χ1v) is 4.83. The van der Waals surface area contributed by atoms with Gasteiger partial charge in [-0.15, -0.1) is 0 Å². The third-order valence-corrected chi connectivity index (χ3v) is 1.83. The van der Waals surface area contributed by atoms with Crippen LogP contribution >= 0.6 is 0 Å². The fourth-order valence-corrected chi connectivity index (χ4v) is 1.01. The summed E-state index contributed by atoms with van der Waals surface area (Å²) in [4.78, 5) is 11.3. The summed E-state index contributed by atoms with van der Waals surface area (Å²) in [6.07, 6.45) is 0.886. The molecule has 0 fully saturated rings. The average Bonchev–Trinajstić information content (AvgIpc) is 2.50. The van der Waals surface area contributed by atoms with Crippen LogP contribution in [0.15, 0.2) is 0 Å². The van der Waals surface area contributed by atoms with Crippen molar-refractivity contribution >= 4 is 17.4 Å². The lowest BCUT2D eigenvalue weighted by molar-refractivity contribution is -0.120. The molecule has 15 heavy (non-hydrogen) atoms. The first-order chi connectivity index (χ1) is 7.15. The fourth-order valence-electron chi connectivity index (χ4n) is 1.01. The second-order valence-electron chi connectivity index (χ2n) is 3.21. The van der Waals surface area contributed by atoms with E-state index >= 15 is 0 Å². The number of hydrogen-bond donors (Lipinski definition) is 3. The molecule has 0 spiro atoms. The summed E-state index contributed by atoms with van der Waals surface area (Å²) < 4.78 is 5.07. The highest BCUT2D eigenvalue weighted by molar-refractivity contribution is 5.93. The summed E-state index contributed by atoms with van der Waals surface area (Å²) in [5.74, 6) is 0.110. The number of nitrogen functional groups attached to an aromatic ring is 1. The molecule has 84 valence electrons. The van der Waals surface area contributed by atoms with Crippen molar-refractivity contribution in [2.75, 3.05) is 24.3 Å². The molecule has 0 unspecified atom stereocenters. The van der Waals surface area contributed by atoms with Gasteiger partial charge in [-0.1, -0.05) is 6.92 Å². The molecule has 0 aromatic carbocycles. The molecule has 6 nitrogen and oxygen atoms in total. The van der Waals surface area contributed by atoms with Crippen molar-refractivity contribution < 1.29 is 9.53 Å². The molecule has 0 bridgehead atoms. The van der Waals surface area contributed by atoms with Gasteiger partial charge in [0.05, 0.1) is 11.4 Å². The number of aryl methyl sites for hydroxylation is 1. The maximum absolute atomic E-state index is 11.3. The van der Waals surface area contributed by atoms with Gasteiger partial charge in [0, 0.05) is 6.61 Å². The predicted octanol–water partition coefficient (Wildman–Crippen LogP) is 0.665. The Bertz CT molecular complexity index is 335. The summed E-state index contributed by atoms with van der Waals surface area (Å²) in [6.45, 7) is 4.36. The Balaban J connectivity index is 2.41. The van der Waals surface area contributed by atoms with Gasteiger partial charge in [0.25, 0.3) is 5.91 Å². The zero-order valence-corrected chi connectivity index (χ0v) is 8.96. The summed E-state index contributed by atoms with van der Waals surface area (Å²) >= 11 is 0. The molecule has 0 saturated heterocycles. The zero-order valence-electron chi connectivity index (χ0n) is 8.96. The topological polar surface area (TPSA) is 93.0 Å². The van der Waals surface area contributed by atoms with Crippen molar-refractivity contribution in [3.8, 4) is 0 Å². The van der Waals surface area contributed by atoms with Gasteiger partial charge in [0.15, 0.2) is 5.82 Å². The van der Waals surface area contributed by atoms with E-state index in [2.05, 4.69) is 15.5 Å². The van der Waals surface area contributed by atoms with E-state index in [4.69, 9.17) is 10.5 Å². The van der Waals surface area contributed by atoms with E-state index in [0.29, 0.717) is 18.1 Å². The van der Waals surface area contributed by atoms with E-state index in [1.165, 1.54) is 0 Å². The lowest BCUT2D eigenvalue weighted by Gasteiger charge is -2.03. The number of anilines is 2. The molecular formula is C9H16N4O2. The van der Waals surface area contributed by atoms with Gasteiger partial charge < -0.3 is 15.8 Å². The van der Waals surface area contributed by atoms with Crippen LogP contribution in [0, 0.1) is 6.92 Å². The highest BCUT2D eigenvalue weighted by atomic mass is 16.5. The van der Waals surface area contributed by atoms with Crippen molar-refractivity contribution in [2.24, 2.45) is 0 Å². The fraction of sp³-hybridized carbons (Fsp3) is 0.556. The Morgan fingerprint density at radius 1 is 1.67 bits per heavy atom. The van der Waals surface area contributed by atoms with Crippen molar-refractivity contribution in [3.05, 3.63) is 5.69 Å². The zero-order chi connectivity index (χ0) is 11.3. The van der Waals surface area contributed by atoms with Crippen molar-refractivity contribution in [2.45, 2.75) is 20.3 Å². The largest absolute Gasteiger partial charge is 0.394 e. The van der Waals surface area contributed by atoms with E-state index in [0.717, 1.165) is 12.1 Å². The number of amides is 1. The van der Waals surface area contributed by atoms with Gasteiger partial charge in [0.1, 0.15) is 6.61 Å². The van der Waals surface area contributed by atoms with E-state index in [1.807, 2.05) is 6.92 Å². The Hall–Kier alpha value is -1.56. The third-order valence-electron chi connectivity index (χ3n) is 1.83. The molecule has 0 aliphatic heterocycles. The SMILES string of the molecule is CCCOCC(=O)Nc1n[nH]c(C)c1N. The minimum atomic E-state index is -0.248. The number of H-pyrrole nitrogens is 1. The van der Waals surface area contributed by atoms with Crippen LogP contribution in [0.3, 0.4) is 0 Å². The average molecular weight is 212 g/mol. The van der Waals surface area contributed by atoms with Crippen LogP contribution in [0.25, 0.3) is 0 Å². The molecule has 1 heterocycles. The number of aromatic nitrogens is 2. The highest BCUT2D eigenvalue weighted by Gasteiger charge is 2.09. The summed E-state index contributed by atoms with van der Waals surface area (Å²) in [6, 6.07) is 0. The number of hydrogen-bond acceptors (Lipinski definition) is 4. The van der Waals surface area contributed by atoms with Gasteiger partial charge in [-0.05, 0) is 13.3 Å². The minimum Gasteiger partial charge on any atom is -0.394 e. The van der Waals surface area contributed by atoms with Gasteiger partial charge >= 0.3 is 0 Å². The summed E-state index contributed by atoms with van der Waals surface area (Å²) in [5, 5.41) is 9.08. The Morgan fingerprint density at radius 3 is 2.93 bits per heavy atom. The standard InChI is InChI=1S/C9H16N4O2/c1-3-4-15-5-7(14)11-9-8(10)6(2)12-13-9/h3-5,10H2,1-2H3,(H2,11,12,13,14). The number of aromatic amines is 1. The van der Waals surface area contributed by atoms with Crippen molar-refractivity contribution in [1.29, 1.82) is 0 Å². The molecule has 1 rings (SSSR count). The first-order valence-electron chi connectivity index (χ1n) is 4.83. The Labute approximate surface area is 88.2 Å². The molecule has 4 N–H and O–H groups in total. The molecule has 0 radical (unpaired) electrons. The van der Waals surface area contributed by atoms with E-state index in [9.17, 15) is 4.79 Å². The molecule has 1 amide bonds. The minimum absolute atomic E-state index is 0.0270. The number of rotatable bonds is 5. The molecule has 0 atom stereocenters. The maximum atomic E-state index is 11.3. The highest BCUT2D eigenvalue weighted by Crippen LogP contribution is 2.17. The third kappa shape index (κ3) is 3.25. The molecule has 6 heteroatoms. The monoisotopic (exact) mass is 212 g/mol. The molecular weight excluding hydrogens is 196 g/mol. The molecule has 0 saturated carbocycles. The van der Waals surface area contributed by atoms with E-state index in [-0.39, 0.29) is 12.5 Å². The smallest absolute Gasteiger partial charge is 0.251 e. The Morgan fingerprint density at radius 2 is 2.40 bits per heavy atom. The number of nitrogens with two attached hydrogens (primary N) is 1. The molecule has 1 aromatic heterocycles. The number of carbonyl (C=O) groups is 1. The molecule has 0 aliphatic rings. The summed E-state index contributed by atoms with van der Waals surface area (Å²) in [5.41, 5.74) is 6.85. The number of nitrogens with one attached hydrogen (secondary N) is 2. The lowest BCUT2D eigenvalue weighted by atomic mass is 10.4. The normalized spacial score (nSPS) is 10.3. The predicted molar refractivity (Wildman–Crippen MR) is 57.5 cm³/mol. The molecule has 1 aromatic rings. The van der Waals surface area contributed by atoms with Crippen LogP contribution in [0.5, 0.6) is 0 Å². The quantitative estimate of drug-likeness (QED) is 0.625. The number of ether oxygens (including phenoxy) is 1. The number of nitrogens with zero attached hydrogens (tertiary/aromatic N) is 1. The van der Waals surface area contributed by atoms with E-state index in [1.54, 1.807) is 6.92 Å². The van der Waals surface area contributed by atoms with Crippen LogP contribution in [-0.2, 0) is 9.53 Å². The van der Waals surface area contributed by atoms with Crippen molar-refractivity contribution in [1.82, 2.24) is 10.2 Å². The van der Waals surface area contributed by atoms with Crippen LogP contribution in [0.2, 0.25) is 0 Å². The van der Waals surface area contributed by atoms with Crippen LogP contribution in [0.1, 0.15) is 19.0 Å².